The summed E-state index contributed by atoms with van der Waals surface area (Å²) < 4.78 is 0. The monoisotopic (exact) mass is 162 g/mol. The highest BCUT2D eigenvalue weighted by Crippen LogP contribution is 2.52. The second kappa shape index (κ2) is 2.21. The molecular weight excluding hydrogens is 148 g/mol. The van der Waals surface area contributed by atoms with Gasteiger partial charge in [-0.05, 0) is 31.1 Å². The molecule has 1 nitrogen and oxygen atoms in total. The largest absolute Gasteiger partial charge is 0.299 e. The minimum Gasteiger partial charge on any atom is -0.299 e. The van der Waals surface area contributed by atoms with E-state index in [-0.39, 0.29) is 0 Å². The maximum atomic E-state index is 11.8. The van der Waals surface area contributed by atoms with Crippen LogP contribution in [0.2, 0.25) is 0 Å². The second-order valence-corrected chi connectivity index (χ2v) is 4.46. The van der Waals surface area contributed by atoms with Crippen molar-refractivity contribution in [3.63, 3.8) is 0 Å². The van der Waals surface area contributed by atoms with Crippen LogP contribution in [0.3, 0.4) is 0 Å². The molecule has 4 atom stereocenters. The number of allylic oxidation sites excluding steroid dienone is 2. The summed E-state index contributed by atoms with van der Waals surface area (Å²) in [6.07, 6.45) is 9.35. The van der Waals surface area contributed by atoms with Gasteiger partial charge in [0.15, 0.2) is 0 Å². The molecule has 3 aliphatic carbocycles. The van der Waals surface area contributed by atoms with Crippen molar-refractivity contribution in [1.82, 2.24) is 0 Å². The molecule has 2 saturated carbocycles. The van der Waals surface area contributed by atoms with E-state index >= 15 is 0 Å². The number of carbonyl (C=O) groups is 1. The van der Waals surface area contributed by atoms with Crippen LogP contribution in [0.25, 0.3) is 0 Å². The minimum absolute atomic E-state index is 0.334. The fourth-order valence-electron chi connectivity index (χ4n) is 3.52. The molecular formula is C11H14O. The smallest absolute Gasteiger partial charge is 0.143 e. The van der Waals surface area contributed by atoms with Gasteiger partial charge >= 0.3 is 0 Å². The lowest BCUT2D eigenvalue weighted by molar-refractivity contribution is -0.123. The second-order valence-electron chi connectivity index (χ2n) is 4.46. The standard InChI is InChI=1S/C11H14O/c12-11-9-5-1-3-7(9)8-4-2-6-10(8)11/h1,5,7-10H,2-4,6H2. The summed E-state index contributed by atoms with van der Waals surface area (Å²) >= 11 is 0. The Hall–Kier alpha value is -0.590. The zero-order chi connectivity index (χ0) is 8.13. The molecule has 1 heteroatoms. The molecule has 64 valence electrons. The summed E-state index contributed by atoms with van der Waals surface area (Å²) in [6.45, 7) is 0. The number of Topliss-reactive ketones (excluding diaryl/α,β-unsaturated/α-hetero) is 1. The number of carbonyl (C=O) groups excluding carboxylic acids is 1. The lowest BCUT2D eigenvalue weighted by Crippen LogP contribution is -2.12. The Morgan fingerprint density at radius 2 is 2.17 bits per heavy atom. The Kier molecular flexibility index (Phi) is 1.27. The molecule has 0 aromatic rings. The van der Waals surface area contributed by atoms with E-state index in [2.05, 4.69) is 12.2 Å². The van der Waals surface area contributed by atoms with Gasteiger partial charge in [0.05, 0.1) is 0 Å². The predicted molar refractivity (Wildman–Crippen MR) is 46.6 cm³/mol. The van der Waals surface area contributed by atoms with Crippen LogP contribution in [-0.2, 0) is 4.79 Å². The third kappa shape index (κ3) is 0.675. The van der Waals surface area contributed by atoms with Crippen LogP contribution in [0.5, 0.6) is 0 Å². The number of fused-ring (bicyclic) bond motifs is 3. The highest BCUT2D eigenvalue weighted by atomic mass is 16.1. The van der Waals surface area contributed by atoms with E-state index < -0.39 is 0 Å². The van der Waals surface area contributed by atoms with Crippen molar-refractivity contribution in [1.29, 1.82) is 0 Å². The predicted octanol–water partition coefficient (Wildman–Crippen LogP) is 2.18. The highest BCUT2D eigenvalue weighted by Gasteiger charge is 2.51. The molecule has 0 aliphatic heterocycles. The van der Waals surface area contributed by atoms with Crippen LogP contribution in [0, 0.1) is 23.7 Å². The molecule has 0 spiro atoms. The highest BCUT2D eigenvalue weighted by molar-refractivity contribution is 5.88. The van der Waals surface area contributed by atoms with Gasteiger partial charge in [0.25, 0.3) is 0 Å². The molecule has 0 heterocycles. The van der Waals surface area contributed by atoms with Crippen molar-refractivity contribution in [2.24, 2.45) is 23.7 Å². The summed E-state index contributed by atoms with van der Waals surface area (Å²) in [6, 6.07) is 0. The van der Waals surface area contributed by atoms with E-state index in [0.29, 0.717) is 23.5 Å². The number of rotatable bonds is 0. The van der Waals surface area contributed by atoms with E-state index in [4.69, 9.17) is 0 Å². The third-order valence-electron chi connectivity index (χ3n) is 4.03. The topological polar surface area (TPSA) is 17.1 Å². The third-order valence-corrected chi connectivity index (χ3v) is 4.03. The maximum absolute atomic E-state index is 11.8. The SMILES string of the molecule is O=C1C2C=CCC2C2CCCC12. The first-order valence-corrected chi connectivity index (χ1v) is 5.08. The van der Waals surface area contributed by atoms with Gasteiger partial charge in [0.2, 0.25) is 0 Å². The Morgan fingerprint density at radius 1 is 1.25 bits per heavy atom. The van der Waals surface area contributed by atoms with Gasteiger partial charge in [-0.25, -0.2) is 0 Å². The molecule has 2 fully saturated rings. The first-order chi connectivity index (χ1) is 5.88. The Balaban J connectivity index is 1.97. The molecule has 0 aromatic heterocycles. The molecule has 12 heavy (non-hydrogen) atoms. The summed E-state index contributed by atoms with van der Waals surface area (Å²) in [7, 11) is 0. The van der Waals surface area contributed by atoms with Crippen LogP contribution in [-0.4, -0.2) is 5.78 Å². The zero-order valence-electron chi connectivity index (χ0n) is 7.20. The Bertz CT molecular complexity index is 254. The van der Waals surface area contributed by atoms with Crippen molar-refractivity contribution >= 4 is 5.78 Å². The summed E-state index contributed by atoms with van der Waals surface area (Å²) in [5.74, 6) is 2.84. The molecule has 0 saturated heterocycles. The van der Waals surface area contributed by atoms with Gasteiger partial charge in [-0.3, -0.25) is 4.79 Å². The summed E-state index contributed by atoms with van der Waals surface area (Å²) in [4.78, 5) is 11.8. The van der Waals surface area contributed by atoms with Crippen molar-refractivity contribution in [3.05, 3.63) is 12.2 Å². The number of ketones is 1. The average molecular weight is 162 g/mol. The van der Waals surface area contributed by atoms with Gasteiger partial charge in [0.1, 0.15) is 5.78 Å². The molecule has 0 N–H and O–H groups in total. The van der Waals surface area contributed by atoms with Crippen LogP contribution in [0.1, 0.15) is 25.7 Å². The number of hydrogen-bond donors (Lipinski definition) is 0. The lowest BCUT2D eigenvalue weighted by atomic mass is 9.89. The molecule has 3 aliphatic rings. The molecule has 0 radical (unpaired) electrons. The van der Waals surface area contributed by atoms with Crippen molar-refractivity contribution < 1.29 is 4.79 Å². The van der Waals surface area contributed by atoms with Crippen molar-refractivity contribution in [3.8, 4) is 0 Å². The molecule has 4 unspecified atom stereocenters. The molecule has 0 aromatic carbocycles. The Labute approximate surface area is 72.8 Å². The Morgan fingerprint density at radius 3 is 3.08 bits per heavy atom. The van der Waals surface area contributed by atoms with Crippen LogP contribution >= 0.6 is 0 Å². The fourth-order valence-corrected chi connectivity index (χ4v) is 3.52. The van der Waals surface area contributed by atoms with Crippen LogP contribution in [0.4, 0.5) is 0 Å². The quantitative estimate of drug-likeness (QED) is 0.499. The first kappa shape index (κ1) is 6.88. The minimum atomic E-state index is 0.334. The summed E-state index contributed by atoms with van der Waals surface area (Å²) in [5.41, 5.74) is 0. The zero-order valence-corrected chi connectivity index (χ0v) is 7.20. The van der Waals surface area contributed by atoms with Gasteiger partial charge in [-0.1, -0.05) is 18.6 Å². The maximum Gasteiger partial charge on any atom is 0.143 e. The molecule has 0 amide bonds. The van der Waals surface area contributed by atoms with E-state index in [0.717, 1.165) is 5.92 Å². The van der Waals surface area contributed by atoms with Gasteiger partial charge < -0.3 is 0 Å². The van der Waals surface area contributed by atoms with E-state index in [1.807, 2.05) is 0 Å². The van der Waals surface area contributed by atoms with Crippen molar-refractivity contribution in [2.75, 3.05) is 0 Å². The van der Waals surface area contributed by atoms with E-state index in [9.17, 15) is 4.79 Å². The van der Waals surface area contributed by atoms with E-state index in [1.165, 1.54) is 25.7 Å². The fraction of sp³-hybridized carbons (Fsp3) is 0.727. The van der Waals surface area contributed by atoms with Crippen LogP contribution < -0.4 is 0 Å². The van der Waals surface area contributed by atoms with Crippen LogP contribution in [0.15, 0.2) is 12.2 Å². The number of hydrogen-bond acceptors (Lipinski definition) is 1. The molecule has 3 rings (SSSR count). The van der Waals surface area contributed by atoms with E-state index in [1.54, 1.807) is 0 Å². The van der Waals surface area contributed by atoms with Gasteiger partial charge in [-0.15, -0.1) is 0 Å². The van der Waals surface area contributed by atoms with Crippen molar-refractivity contribution in [2.45, 2.75) is 25.7 Å². The summed E-state index contributed by atoms with van der Waals surface area (Å²) in [5, 5.41) is 0. The van der Waals surface area contributed by atoms with Gasteiger partial charge in [-0.2, -0.15) is 0 Å². The average Bonchev–Trinajstić information content (AvgIpc) is 2.72. The normalized spacial score (nSPS) is 49.8. The lowest BCUT2D eigenvalue weighted by Gasteiger charge is -2.14. The molecule has 0 bridgehead atoms. The van der Waals surface area contributed by atoms with Gasteiger partial charge in [0, 0.05) is 11.8 Å². The first-order valence-electron chi connectivity index (χ1n) is 5.08.